The lowest BCUT2D eigenvalue weighted by Crippen LogP contribution is -2.63. The van der Waals surface area contributed by atoms with Gasteiger partial charge in [-0.1, -0.05) is 54.6 Å². The van der Waals surface area contributed by atoms with E-state index in [9.17, 15) is 19.5 Å². The van der Waals surface area contributed by atoms with Crippen molar-refractivity contribution in [3.63, 3.8) is 0 Å². The zero-order valence-electron chi connectivity index (χ0n) is 28.2. The Hall–Kier alpha value is -5.57. The summed E-state index contributed by atoms with van der Waals surface area (Å²) in [5.74, 6) is -2.32. The third-order valence-electron chi connectivity index (χ3n) is 8.96. The Morgan fingerprint density at radius 3 is 1.87 bits per heavy atom. The van der Waals surface area contributed by atoms with Gasteiger partial charge in [-0.2, -0.15) is 0 Å². The Morgan fingerprint density at radius 2 is 1.33 bits per heavy atom. The van der Waals surface area contributed by atoms with Gasteiger partial charge in [-0.15, -0.1) is 0 Å². The van der Waals surface area contributed by atoms with Gasteiger partial charge in [0.25, 0.3) is 0 Å². The van der Waals surface area contributed by atoms with Crippen LogP contribution in [0.5, 0.6) is 0 Å². The number of anilines is 1. The minimum Gasteiger partial charge on any atom is -0.454 e. The van der Waals surface area contributed by atoms with E-state index in [4.69, 9.17) is 32.5 Å². The number of aromatic nitrogens is 2. The van der Waals surface area contributed by atoms with E-state index in [0.717, 1.165) is 0 Å². The maximum Gasteiger partial charge on any atom is 0.412 e. The lowest BCUT2D eigenvalue weighted by molar-refractivity contribution is -0.300. The second-order valence-electron chi connectivity index (χ2n) is 12.5. The minimum absolute atomic E-state index is 0.0784. The Kier molecular flexibility index (Phi) is 10.6. The number of carbonyl (C=O) groups excluding carboxylic acids is 3. The third-order valence-corrected chi connectivity index (χ3v) is 8.96. The summed E-state index contributed by atoms with van der Waals surface area (Å²) in [5.41, 5.74) is 2.87. The topological polar surface area (TPSA) is 182 Å². The summed E-state index contributed by atoms with van der Waals surface area (Å²) in [6.45, 7) is -0.646. The number of ether oxygens (including phenoxy) is 5. The van der Waals surface area contributed by atoms with Crippen LogP contribution in [0.15, 0.2) is 99.8 Å². The average Bonchev–Trinajstić information content (AvgIpc) is 3.76. The first-order valence-electron chi connectivity index (χ1n) is 16.9. The molecule has 1 fully saturated rings. The van der Waals surface area contributed by atoms with Crippen LogP contribution in [0, 0.1) is 11.8 Å². The Labute approximate surface area is 297 Å². The van der Waals surface area contributed by atoms with Gasteiger partial charge in [-0.05, 0) is 49.2 Å². The van der Waals surface area contributed by atoms with Crippen molar-refractivity contribution in [3.8, 4) is 0 Å². The van der Waals surface area contributed by atoms with Crippen molar-refractivity contribution in [1.82, 2.24) is 9.97 Å². The van der Waals surface area contributed by atoms with Crippen LogP contribution in [-0.4, -0.2) is 77.5 Å². The van der Waals surface area contributed by atoms with E-state index in [1.807, 2.05) is 36.4 Å². The second-order valence-corrected chi connectivity index (χ2v) is 12.5. The molecule has 0 saturated carbocycles. The Balaban J connectivity index is 1.22. The maximum atomic E-state index is 14.1. The average molecular weight is 712 g/mol. The molecule has 14 nitrogen and oxygen atoms in total. The van der Waals surface area contributed by atoms with Crippen LogP contribution in [0.4, 0.5) is 10.5 Å². The molecule has 2 aliphatic heterocycles. The molecule has 2 aliphatic rings. The quantitative estimate of drug-likeness (QED) is 0.123. The van der Waals surface area contributed by atoms with Gasteiger partial charge in [0.05, 0.1) is 18.4 Å². The number of para-hydroxylation sites is 5. The second kappa shape index (κ2) is 15.8. The molecule has 7 rings (SSSR count). The highest BCUT2D eigenvalue weighted by molar-refractivity contribution is 5.84. The van der Waals surface area contributed by atoms with E-state index in [1.165, 1.54) is 7.11 Å². The van der Waals surface area contributed by atoms with Gasteiger partial charge in [0.2, 0.25) is 0 Å². The number of benzene rings is 3. The van der Waals surface area contributed by atoms with Crippen molar-refractivity contribution in [2.45, 2.75) is 56.4 Å². The molecule has 0 bridgehead atoms. The molecule has 7 atom stereocenters. The number of hydrogen-bond acceptors (Lipinski definition) is 13. The molecule has 1 amide bonds. The number of rotatable bonds is 8. The number of aliphatic hydroxyl groups excluding tert-OH is 1. The van der Waals surface area contributed by atoms with Crippen molar-refractivity contribution in [3.05, 3.63) is 103 Å². The molecule has 1 saturated heterocycles. The van der Waals surface area contributed by atoms with Crippen LogP contribution in [0.2, 0.25) is 0 Å². The molecule has 14 heteroatoms. The molecule has 52 heavy (non-hydrogen) atoms. The number of oxazole rings is 2. The van der Waals surface area contributed by atoms with Gasteiger partial charge < -0.3 is 37.6 Å². The van der Waals surface area contributed by atoms with Gasteiger partial charge in [-0.25, -0.2) is 14.8 Å². The summed E-state index contributed by atoms with van der Waals surface area (Å²) < 4.78 is 41.4. The van der Waals surface area contributed by atoms with Gasteiger partial charge in [0.15, 0.2) is 47.5 Å². The smallest absolute Gasteiger partial charge is 0.412 e. The molecular weight excluding hydrogens is 674 g/mol. The molecule has 0 unspecified atom stereocenters. The molecule has 5 aromatic rings. The van der Waals surface area contributed by atoms with Crippen molar-refractivity contribution in [1.29, 1.82) is 0 Å². The fourth-order valence-electron chi connectivity index (χ4n) is 6.35. The molecule has 2 aromatic heterocycles. The van der Waals surface area contributed by atoms with Crippen molar-refractivity contribution >= 4 is 45.9 Å². The number of amides is 1. The highest BCUT2D eigenvalue weighted by Gasteiger charge is 2.53. The number of fused-ring (bicyclic) bond motifs is 3. The zero-order valence-corrected chi connectivity index (χ0v) is 28.2. The monoisotopic (exact) mass is 711 g/mol. The summed E-state index contributed by atoms with van der Waals surface area (Å²) in [7, 11) is 1.32. The normalized spacial score (nSPS) is 25.4. The number of nitrogens with zero attached hydrogens (tertiary/aromatic N) is 2. The fourth-order valence-corrected chi connectivity index (χ4v) is 6.35. The zero-order chi connectivity index (χ0) is 36.0. The van der Waals surface area contributed by atoms with Gasteiger partial charge >= 0.3 is 18.0 Å². The molecule has 3 aromatic carbocycles. The first-order chi connectivity index (χ1) is 25.4. The number of nitrogens with one attached hydrogen (secondary N) is 1. The van der Waals surface area contributed by atoms with Crippen LogP contribution in [0.25, 0.3) is 22.2 Å². The van der Waals surface area contributed by atoms with Gasteiger partial charge in [0.1, 0.15) is 17.1 Å². The lowest BCUT2D eigenvalue weighted by atomic mass is 9.95. The van der Waals surface area contributed by atoms with Crippen molar-refractivity contribution in [2.24, 2.45) is 11.8 Å². The molecule has 0 spiro atoms. The number of methoxy groups -OCH3 is 1. The summed E-state index contributed by atoms with van der Waals surface area (Å²) in [4.78, 5) is 50.4. The molecular formula is C38H37N3O11. The number of esters is 2. The molecule has 270 valence electrons. The molecule has 0 aliphatic carbocycles. The van der Waals surface area contributed by atoms with E-state index < -0.39 is 67.2 Å². The van der Waals surface area contributed by atoms with Crippen LogP contribution < -0.4 is 5.32 Å². The van der Waals surface area contributed by atoms with E-state index in [2.05, 4.69) is 15.3 Å². The number of hydrogen-bond donors (Lipinski definition) is 2. The number of carbonyl (C=O) groups is 3. The standard InChI is InChI=1S/C38H37N3O11/c1-46-37-34-33(32(29(21-42)49-37)52-38(45)39-24-13-3-2-4-14-24)50-35(43)22(19-30-40-25-15-7-9-17-27(25)47-30)11-5-6-12-23(36(44)51-34)20-31-41-26-16-8-10-18-28(26)48-31/h2-10,13-18,22-23,29,32-34,37,42H,11-12,19-21H2,1H3,(H,39,45)/t22-,23-,29+,32+,33-,34+,37-/m0/s1. The predicted octanol–water partition coefficient (Wildman–Crippen LogP) is 5.14. The fraction of sp³-hybridized carbons (Fsp3) is 0.342. The van der Waals surface area contributed by atoms with Gasteiger partial charge in [0, 0.05) is 25.6 Å². The highest BCUT2D eigenvalue weighted by Crippen LogP contribution is 2.33. The van der Waals surface area contributed by atoms with Crippen molar-refractivity contribution < 1.29 is 52.0 Å². The molecule has 4 heterocycles. The Morgan fingerprint density at radius 1 is 0.788 bits per heavy atom. The Bertz CT molecular complexity index is 1980. The molecule has 0 radical (unpaired) electrons. The summed E-state index contributed by atoms with van der Waals surface area (Å²) in [5, 5.41) is 13.0. The summed E-state index contributed by atoms with van der Waals surface area (Å²) >= 11 is 0. The van der Waals surface area contributed by atoms with E-state index >= 15 is 0 Å². The lowest BCUT2D eigenvalue weighted by Gasteiger charge is -2.44. The van der Waals surface area contributed by atoms with Crippen LogP contribution in [0.3, 0.4) is 0 Å². The van der Waals surface area contributed by atoms with E-state index in [-0.39, 0.29) is 25.7 Å². The predicted molar refractivity (Wildman–Crippen MR) is 184 cm³/mol. The van der Waals surface area contributed by atoms with Crippen LogP contribution in [-0.2, 0) is 46.1 Å². The first-order valence-corrected chi connectivity index (χ1v) is 16.9. The van der Waals surface area contributed by atoms with Gasteiger partial charge in [-0.3, -0.25) is 14.9 Å². The minimum atomic E-state index is -1.46. The number of allylic oxidation sites excluding steroid dienone is 2. The van der Waals surface area contributed by atoms with E-state index in [1.54, 1.807) is 54.6 Å². The number of aliphatic hydroxyl groups is 1. The summed E-state index contributed by atoms with van der Waals surface area (Å²) in [6, 6.07) is 23.1. The van der Waals surface area contributed by atoms with Crippen LogP contribution in [0.1, 0.15) is 24.6 Å². The third kappa shape index (κ3) is 7.83. The SMILES string of the molecule is CO[C@H]1O[C@H](CO)[C@@H](OC(=O)Nc2ccccc2)[C@@H]2OC(=O)[C@H](Cc3nc4ccccc4o3)CC=CC[C@@H](Cc3nc4ccccc4o3)C(=O)O[C@@H]12. The molecule has 2 N–H and O–H groups in total. The van der Waals surface area contributed by atoms with E-state index in [0.29, 0.717) is 39.7 Å². The maximum absolute atomic E-state index is 14.1. The van der Waals surface area contributed by atoms with Crippen LogP contribution >= 0.6 is 0 Å². The van der Waals surface area contributed by atoms with Crippen molar-refractivity contribution in [2.75, 3.05) is 19.0 Å². The summed E-state index contributed by atoms with van der Waals surface area (Å²) in [6.07, 6.45) is -3.58. The largest absolute Gasteiger partial charge is 0.454 e. The highest BCUT2D eigenvalue weighted by atomic mass is 16.7. The first kappa shape index (κ1) is 34.9.